The first kappa shape index (κ1) is 15.0. The number of hydrogen-bond donors (Lipinski definition) is 1. The molecule has 0 spiro atoms. The number of ketones is 1. The minimum atomic E-state index is -1.28. The fourth-order valence-electron chi connectivity index (χ4n) is 2.64. The van der Waals surface area contributed by atoms with Crippen LogP contribution >= 0.6 is 0 Å². The van der Waals surface area contributed by atoms with Crippen LogP contribution in [-0.4, -0.2) is 24.1 Å². The van der Waals surface area contributed by atoms with Gasteiger partial charge in [-0.1, -0.05) is 30.3 Å². The number of aryl methyl sites for hydroxylation is 1. The smallest absolute Gasteiger partial charge is 0.247 e. The van der Waals surface area contributed by atoms with Gasteiger partial charge in [-0.25, -0.2) is 0 Å². The van der Waals surface area contributed by atoms with E-state index in [1.807, 2.05) is 19.1 Å². The zero-order chi connectivity index (χ0) is 16.4. The summed E-state index contributed by atoms with van der Waals surface area (Å²) >= 11 is 0. The molecule has 0 saturated carbocycles. The first-order valence-corrected chi connectivity index (χ1v) is 7.33. The second-order valence-electron chi connectivity index (χ2n) is 5.52. The molecule has 2 aromatic rings. The summed E-state index contributed by atoms with van der Waals surface area (Å²) in [5, 5.41) is 2.65. The van der Waals surface area contributed by atoms with E-state index >= 15 is 0 Å². The van der Waals surface area contributed by atoms with E-state index in [-0.39, 0.29) is 12.3 Å². The number of para-hydroxylation sites is 1. The van der Waals surface area contributed by atoms with E-state index in [0.29, 0.717) is 11.4 Å². The van der Waals surface area contributed by atoms with Gasteiger partial charge in [0.25, 0.3) is 0 Å². The normalized spacial score (nSPS) is 17.4. The summed E-state index contributed by atoms with van der Waals surface area (Å²) in [4.78, 5) is 38.3. The van der Waals surface area contributed by atoms with Gasteiger partial charge in [0, 0.05) is 11.4 Å². The molecule has 1 heterocycles. The fraction of sp³-hybridized carbons (Fsp3) is 0.167. The SMILES string of the molecule is Cc1cccc(NC(=O)C2C(=O)CN(c3ccccc3)C2=O)c1. The number of carbonyl (C=O) groups is 3. The molecule has 0 aromatic heterocycles. The van der Waals surface area contributed by atoms with Crippen molar-refractivity contribution in [3.8, 4) is 0 Å². The highest BCUT2D eigenvalue weighted by Crippen LogP contribution is 2.24. The summed E-state index contributed by atoms with van der Waals surface area (Å²) < 4.78 is 0. The van der Waals surface area contributed by atoms with Crippen molar-refractivity contribution in [2.24, 2.45) is 5.92 Å². The Balaban J connectivity index is 1.79. The second-order valence-corrected chi connectivity index (χ2v) is 5.52. The van der Waals surface area contributed by atoms with Crippen molar-refractivity contribution in [3.05, 3.63) is 60.2 Å². The van der Waals surface area contributed by atoms with E-state index in [4.69, 9.17) is 0 Å². The Kier molecular flexibility index (Phi) is 3.93. The van der Waals surface area contributed by atoms with Crippen LogP contribution in [0.4, 0.5) is 11.4 Å². The number of Topliss-reactive ketones (excluding diaryl/α,β-unsaturated/α-hetero) is 1. The van der Waals surface area contributed by atoms with Crippen LogP contribution in [0.1, 0.15) is 5.56 Å². The molecular weight excluding hydrogens is 292 g/mol. The molecule has 1 fully saturated rings. The molecule has 116 valence electrons. The van der Waals surface area contributed by atoms with Crippen molar-refractivity contribution in [2.75, 3.05) is 16.8 Å². The highest BCUT2D eigenvalue weighted by atomic mass is 16.2. The van der Waals surface area contributed by atoms with Gasteiger partial charge in [-0.3, -0.25) is 14.4 Å². The lowest BCUT2D eigenvalue weighted by Gasteiger charge is -2.15. The number of nitrogens with one attached hydrogen (secondary N) is 1. The number of benzene rings is 2. The highest BCUT2D eigenvalue weighted by molar-refractivity contribution is 6.30. The number of hydrogen-bond acceptors (Lipinski definition) is 3. The Morgan fingerprint density at radius 2 is 1.83 bits per heavy atom. The van der Waals surface area contributed by atoms with Crippen molar-refractivity contribution >= 4 is 29.0 Å². The fourth-order valence-corrected chi connectivity index (χ4v) is 2.64. The summed E-state index contributed by atoms with van der Waals surface area (Å²) in [7, 11) is 0. The topological polar surface area (TPSA) is 66.5 Å². The van der Waals surface area contributed by atoms with Crippen molar-refractivity contribution in [1.82, 2.24) is 0 Å². The minimum absolute atomic E-state index is 0.0747. The standard InChI is InChI=1S/C18H16N2O3/c1-12-6-5-7-13(10-12)19-17(22)16-15(21)11-20(18(16)23)14-8-3-2-4-9-14/h2-10,16H,11H2,1H3,(H,19,22). The van der Waals surface area contributed by atoms with Crippen molar-refractivity contribution < 1.29 is 14.4 Å². The molecule has 1 aliphatic heterocycles. The van der Waals surface area contributed by atoms with E-state index in [0.717, 1.165) is 5.56 Å². The zero-order valence-corrected chi connectivity index (χ0v) is 12.7. The molecule has 5 heteroatoms. The molecule has 5 nitrogen and oxygen atoms in total. The Labute approximate surface area is 133 Å². The lowest BCUT2D eigenvalue weighted by atomic mass is 10.1. The molecule has 2 amide bonds. The van der Waals surface area contributed by atoms with Gasteiger partial charge < -0.3 is 10.2 Å². The van der Waals surface area contributed by atoms with Crippen LogP contribution in [0.3, 0.4) is 0 Å². The van der Waals surface area contributed by atoms with Gasteiger partial charge >= 0.3 is 0 Å². The van der Waals surface area contributed by atoms with Crippen LogP contribution in [0.15, 0.2) is 54.6 Å². The van der Waals surface area contributed by atoms with Crippen molar-refractivity contribution in [1.29, 1.82) is 0 Å². The summed E-state index contributed by atoms with van der Waals surface area (Å²) in [6.45, 7) is 1.83. The molecule has 2 aromatic carbocycles. The van der Waals surface area contributed by atoms with Crippen molar-refractivity contribution in [3.63, 3.8) is 0 Å². The highest BCUT2D eigenvalue weighted by Gasteiger charge is 2.44. The van der Waals surface area contributed by atoms with E-state index in [1.165, 1.54) is 4.90 Å². The molecule has 1 aliphatic rings. The summed E-state index contributed by atoms with van der Waals surface area (Å²) in [6.07, 6.45) is 0. The van der Waals surface area contributed by atoms with Gasteiger partial charge in [0.2, 0.25) is 11.8 Å². The van der Waals surface area contributed by atoms with E-state index in [9.17, 15) is 14.4 Å². The maximum Gasteiger partial charge on any atom is 0.247 e. The van der Waals surface area contributed by atoms with E-state index in [1.54, 1.807) is 42.5 Å². The van der Waals surface area contributed by atoms with Gasteiger partial charge in [-0.2, -0.15) is 0 Å². The van der Waals surface area contributed by atoms with Gasteiger partial charge in [-0.05, 0) is 36.8 Å². The van der Waals surface area contributed by atoms with Crippen molar-refractivity contribution in [2.45, 2.75) is 6.92 Å². The second kappa shape index (κ2) is 6.04. The Morgan fingerprint density at radius 1 is 1.09 bits per heavy atom. The molecular formula is C18H16N2O3. The third-order valence-electron chi connectivity index (χ3n) is 3.76. The number of amides is 2. The quantitative estimate of drug-likeness (QED) is 0.884. The van der Waals surface area contributed by atoms with E-state index in [2.05, 4.69) is 5.32 Å². The number of carbonyl (C=O) groups excluding carboxylic acids is 3. The minimum Gasteiger partial charge on any atom is -0.325 e. The van der Waals surface area contributed by atoms with E-state index < -0.39 is 17.7 Å². The third-order valence-corrected chi connectivity index (χ3v) is 3.76. The average Bonchev–Trinajstić information content (AvgIpc) is 2.83. The molecule has 0 bridgehead atoms. The van der Waals surface area contributed by atoms with Crippen LogP contribution in [0.25, 0.3) is 0 Å². The van der Waals surface area contributed by atoms with Crippen LogP contribution in [-0.2, 0) is 14.4 Å². The van der Waals surface area contributed by atoms with Crippen LogP contribution in [0.2, 0.25) is 0 Å². The maximum absolute atomic E-state index is 12.5. The molecule has 1 unspecified atom stereocenters. The third kappa shape index (κ3) is 2.99. The predicted octanol–water partition coefficient (Wildman–Crippen LogP) is 2.17. The lowest BCUT2D eigenvalue weighted by molar-refractivity contribution is -0.134. The van der Waals surface area contributed by atoms with Gasteiger partial charge in [0.05, 0.1) is 6.54 Å². The van der Waals surface area contributed by atoms with Gasteiger partial charge in [0.15, 0.2) is 11.7 Å². The molecule has 0 aliphatic carbocycles. The van der Waals surface area contributed by atoms with Gasteiger partial charge in [0.1, 0.15) is 0 Å². The first-order valence-electron chi connectivity index (χ1n) is 7.33. The Hall–Kier alpha value is -2.95. The van der Waals surface area contributed by atoms with Crippen LogP contribution < -0.4 is 10.2 Å². The lowest BCUT2D eigenvalue weighted by Crippen LogP contribution is -2.34. The molecule has 23 heavy (non-hydrogen) atoms. The Bertz CT molecular complexity index is 771. The maximum atomic E-state index is 12.5. The van der Waals surface area contributed by atoms with Gasteiger partial charge in [-0.15, -0.1) is 0 Å². The molecule has 1 saturated heterocycles. The molecule has 1 N–H and O–H groups in total. The summed E-state index contributed by atoms with van der Waals surface area (Å²) in [6, 6.07) is 16.1. The number of anilines is 2. The average molecular weight is 308 g/mol. The largest absolute Gasteiger partial charge is 0.325 e. The van der Waals surface area contributed by atoms with Crippen LogP contribution in [0, 0.1) is 12.8 Å². The predicted molar refractivity (Wildman–Crippen MR) is 87.1 cm³/mol. The first-order chi connectivity index (χ1) is 11.1. The molecule has 0 radical (unpaired) electrons. The summed E-state index contributed by atoms with van der Waals surface area (Å²) in [5.41, 5.74) is 2.18. The molecule has 1 atom stereocenters. The number of rotatable bonds is 3. The number of nitrogens with zero attached hydrogens (tertiary/aromatic N) is 1. The van der Waals surface area contributed by atoms with Crippen LogP contribution in [0.5, 0.6) is 0 Å². The monoisotopic (exact) mass is 308 g/mol. The Morgan fingerprint density at radius 3 is 2.52 bits per heavy atom. The molecule has 3 rings (SSSR count). The zero-order valence-electron chi connectivity index (χ0n) is 12.7. The summed E-state index contributed by atoms with van der Waals surface area (Å²) in [5.74, 6) is -2.73.